The van der Waals surface area contributed by atoms with Crippen LogP contribution in [0.25, 0.3) is 11.5 Å². The highest BCUT2D eigenvalue weighted by Gasteiger charge is 2.36. The Kier molecular flexibility index (Phi) is 5.57. The van der Waals surface area contributed by atoms with E-state index in [0.717, 1.165) is 11.1 Å². The van der Waals surface area contributed by atoms with Gasteiger partial charge < -0.3 is 14.1 Å². The van der Waals surface area contributed by atoms with Crippen LogP contribution < -0.4 is 4.74 Å². The normalized spacial score (nSPS) is 17.3. The number of alkyl halides is 2. The number of hydrogen-bond acceptors (Lipinski definition) is 6. The van der Waals surface area contributed by atoms with E-state index in [2.05, 4.69) is 10.2 Å². The van der Waals surface area contributed by atoms with Crippen molar-refractivity contribution in [3.63, 3.8) is 0 Å². The maximum absolute atomic E-state index is 12.6. The highest BCUT2D eigenvalue weighted by molar-refractivity contribution is 5.90. The summed E-state index contributed by atoms with van der Waals surface area (Å²) in [7, 11) is 0. The number of benzene rings is 2. The van der Waals surface area contributed by atoms with Crippen LogP contribution in [0.4, 0.5) is 8.78 Å². The van der Waals surface area contributed by atoms with E-state index in [1.54, 1.807) is 4.90 Å². The van der Waals surface area contributed by atoms with Gasteiger partial charge in [0.1, 0.15) is 11.9 Å². The molecule has 2 aromatic carbocycles. The summed E-state index contributed by atoms with van der Waals surface area (Å²) in [6, 6.07) is 16.9. The van der Waals surface area contributed by atoms with Crippen LogP contribution in [-0.2, 0) is 6.54 Å². The fourth-order valence-electron chi connectivity index (χ4n) is 3.84. The Bertz CT molecular complexity index is 1060. The first-order valence-corrected chi connectivity index (χ1v) is 10.5. The predicted molar refractivity (Wildman–Crippen MR) is 111 cm³/mol. The average molecular weight is 440 g/mol. The van der Waals surface area contributed by atoms with Crippen LogP contribution in [0.1, 0.15) is 16.2 Å². The third kappa shape index (κ3) is 4.34. The summed E-state index contributed by atoms with van der Waals surface area (Å²) in [5.41, 5.74) is 1.82. The number of rotatable bonds is 7. The van der Waals surface area contributed by atoms with Crippen LogP contribution in [0.5, 0.6) is 5.75 Å². The predicted octanol–water partition coefficient (Wildman–Crippen LogP) is 3.34. The van der Waals surface area contributed by atoms with Gasteiger partial charge in [0.25, 0.3) is 0 Å². The van der Waals surface area contributed by atoms with E-state index in [0.29, 0.717) is 44.4 Å². The van der Waals surface area contributed by atoms with E-state index in [-0.39, 0.29) is 17.9 Å². The molecule has 2 fully saturated rings. The third-order valence-corrected chi connectivity index (χ3v) is 5.74. The molecule has 0 aliphatic carbocycles. The van der Waals surface area contributed by atoms with Crippen LogP contribution in [0.2, 0.25) is 0 Å². The molecular weight excluding hydrogens is 418 g/mol. The van der Waals surface area contributed by atoms with Crippen molar-refractivity contribution in [2.24, 2.45) is 5.92 Å². The first-order chi connectivity index (χ1) is 15.5. The van der Waals surface area contributed by atoms with E-state index in [1.165, 1.54) is 0 Å². The molecule has 0 atom stereocenters. The van der Waals surface area contributed by atoms with Crippen molar-refractivity contribution >= 4 is 5.91 Å². The molecule has 7 nitrogen and oxygen atoms in total. The summed E-state index contributed by atoms with van der Waals surface area (Å²) in [5.74, 6) is 0.173. The molecule has 1 aromatic heterocycles. The monoisotopic (exact) mass is 440 g/mol. The number of hydrogen-bond donors (Lipinski definition) is 0. The Labute approximate surface area is 183 Å². The van der Waals surface area contributed by atoms with Gasteiger partial charge >= 0.3 is 11.8 Å². The second-order valence-electron chi connectivity index (χ2n) is 8.16. The third-order valence-electron chi connectivity index (χ3n) is 5.74. The minimum absolute atomic E-state index is 0.0354. The van der Waals surface area contributed by atoms with E-state index in [1.807, 2.05) is 59.5 Å². The lowest BCUT2D eigenvalue weighted by molar-refractivity contribution is -0.0279. The summed E-state index contributed by atoms with van der Waals surface area (Å²) in [4.78, 5) is 16.1. The molecule has 5 rings (SSSR count). The van der Waals surface area contributed by atoms with Gasteiger partial charge in [-0.05, 0) is 29.8 Å². The van der Waals surface area contributed by atoms with Crippen molar-refractivity contribution < 1.29 is 22.7 Å². The van der Waals surface area contributed by atoms with Gasteiger partial charge in [0, 0.05) is 31.1 Å². The summed E-state index contributed by atoms with van der Waals surface area (Å²) in [5, 5.41) is 7.82. The highest BCUT2D eigenvalue weighted by atomic mass is 19.3. The van der Waals surface area contributed by atoms with Crippen molar-refractivity contribution in [2.45, 2.75) is 19.1 Å². The lowest BCUT2D eigenvalue weighted by Gasteiger charge is -2.39. The standard InChI is InChI=1S/C23H22F2N4O3/c24-20(25)17-11-28(12-17)10-15-6-8-18(9-7-15)31-19-13-29(14-19)23(30)22-27-26-21(32-22)16-4-2-1-3-5-16/h1-9,17,19-20H,10-14H2. The van der Waals surface area contributed by atoms with Gasteiger partial charge in [-0.2, -0.15) is 0 Å². The molecule has 0 saturated carbocycles. The van der Waals surface area contributed by atoms with Crippen molar-refractivity contribution in [3.8, 4) is 17.2 Å². The number of likely N-dealkylation sites (tertiary alicyclic amines) is 2. The molecule has 9 heteroatoms. The summed E-state index contributed by atoms with van der Waals surface area (Å²) >= 11 is 0. The van der Waals surface area contributed by atoms with Gasteiger partial charge in [0.15, 0.2) is 0 Å². The van der Waals surface area contributed by atoms with Crippen LogP contribution in [0.3, 0.4) is 0 Å². The zero-order valence-electron chi connectivity index (χ0n) is 17.2. The second kappa shape index (κ2) is 8.66. The number of carbonyl (C=O) groups is 1. The minimum Gasteiger partial charge on any atom is -0.487 e. The fourth-order valence-corrected chi connectivity index (χ4v) is 3.84. The zero-order valence-corrected chi connectivity index (χ0v) is 17.2. The quantitative estimate of drug-likeness (QED) is 0.561. The van der Waals surface area contributed by atoms with E-state index in [9.17, 15) is 13.6 Å². The minimum atomic E-state index is -2.23. The van der Waals surface area contributed by atoms with Crippen molar-refractivity contribution in [1.82, 2.24) is 20.0 Å². The SMILES string of the molecule is O=C(c1nnc(-c2ccccc2)o1)N1CC(Oc2ccc(CN3CC(C(F)F)C3)cc2)C1. The molecule has 2 aliphatic rings. The van der Waals surface area contributed by atoms with Gasteiger partial charge in [-0.15, -0.1) is 10.2 Å². The molecule has 0 bridgehead atoms. The van der Waals surface area contributed by atoms with Crippen LogP contribution >= 0.6 is 0 Å². The molecule has 0 unspecified atom stereocenters. The maximum atomic E-state index is 12.6. The topological polar surface area (TPSA) is 71.7 Å². The number of carbonyl (C=O) groups excluding carboxylic acids is 1. The summed E-state index contributed by atoms with van der Waals surface area (Å²) in [6.45, 7) is 2.41. The van der Waals surface area contributed by atoms with Crippen LogP contribution in [0.15, 0.2) is 59.0 Å². The van der Waals surface area contributed by atoms with Crippen LogP contribution in [-0.4, -0.2) is 64.6 Å². The smallest absolute Gasteiger partial charge is 0.311 e. The average Bonchev–Trinajstić information content (AvgIpc) is 3.24. The van der Waals surface area contributed by atoms with E-state index in [4.69, 9.17) is 9.15 Å². The van der Waals surface area contributed by atoms with E-state index < -0.39 is 12.3 Å². The number of amides is 1. The highest BCUT2D eigenvalue weighted by Crippen LogP contribution is 2.26. The van der Waals surface area contributed by atoms with E-state index >= 15 is 0 Å². The zero-order chi connectivity index (χ0) is 22.1. The largest absolute Gasteiger partial charge is 0.487 e. The number of nitrogens with zero attached hydrogens (tertiary/aromatic N) is 4. The first-order valence-electron chi connectivity index (χ1n) is 10.5. The number of ether oxygens (including phenoxy) is 1. The Morgan fingerprint density at radius 2 is 1.75 bits per heavy atom. The van der Waals surface area contributed by atoms with Crippen molar-refractivity contribution in [2.75, 3.05) is 26.2 Å². The molecular formula is C23H22F2N4O3. The lowest BCUT2D eigenvalue weighted by atomic mass is 10.00. The van der Waals surface area contributed by atoms with Gasteiger partial charge in [0.05, 0.1) is 13.1 Å². The molecule has 2 saturated heterocycles. The molecule has 3 aromatic rings. The second-order valence-corrected chi connectivity index (χ2v) is 8.16. The van der Waals surface area contributed by atoms with Crippen molar-refractivity contribution in [1.29, 1.82) is 0 Å². The molecule has 1 amide bonds. The first kappa shape index (κ1) is 20.6. The Morgan fingerprint density at radius 1 is 1.03 bits per heavy atom. The Morgan fingerprint density at radius 3 is 2.44 bits per heavy atom. The van der Waals surface area contributed by atoms with Gasteiger partial charge in [-0.1, -0.05) is 30.3 Å². The van der Waals surface area contributed by atoms with Crippen molar-refractivity contribution in [3.05, 3.63) is 66.1 Å². The summed E-state index contributed by atoms with van der Waals surface area (Å²) < 4.78 is 36.6. The molecule has 2 aliphatic heterocycles. The number of halogens is 2. The molecule has 166 valence electrons. The van der Waals surface area contributed by atoms with Gasteiger partial charge in [-0.25, -0.2) is 8.78 Å². The van der Waals surface area contributed by atoms with Gasteiger partial charge in [0.2, 0.25) is 12.3 Å². The molecule has 0 spiro atoms. The summed E-state index contributed by atoms with van der Waals surface area (Å²) in [6.07, 6.45) is -2.34. The Hall–Kier alpha value is -3.33. The molecule has 32 heavy (non-hydrogen) atoms. The Balaban J connectivity index is 1.08. The lowest BCUT2D eigenvalue weighted by Crippen LogP contribution is -2.56. The molecule has 0 N–H and O–H groups in total. The number of aromatic nitrogens is 2. The molecule has 3 heterocycles. The fraction of sp³-hybridized carbons (Fsp3) is 0.348. The molecule has 0 radical (unpaired) electrons. The van der Waals surface area contributed by atoms with Gasteiger partial charge in [-0.3, -0.25) is 9.69 Å². The maximum Gasteiger partial charge on any atom is 0.311 e. The van der Waals surface area contributed by atoms with Crippen LogP contribution in [0, 0.1) is 5.92 Å².